The summed E-state index contributed by atoms with van der Waals surface area (Å²) in [5.41, 5.74) is 1.72. The van der Waals surface area contributed by atoms with Crippen molar-refractivity contribution in [3.63, 3.8) is 0 Å². The molecule has 1 aromatic carbocycles. The molecule has 1 saturated carbocycles. The fourth-order valence-corrected chi connectivity index (χ4v) is 4.07. The molecular weight excluding hydrogens is 340 g/mol. The van der Waals surface area contributed by atoms with E-state index < -0.39 is 5.60 Å². The summed E-state index contributed by atoms with van der Waals surface area (Å²) < 4.78 is 5.44. The van der Waals surface area contributed by atoms with Crippen LogP contribution < -0.4 is 10.2 Å². The summed E-state index contributed by atoms with van der Waals surface area (Å²) in [6.07, 6.45) is 7.59. The zero-order chi connectivity index (χ0) is 19.0. The van der Waals surface area contributed by atoms with E-state index in [0.29, 0.717) is 12.0 Å². The highest BCUT2D eigenvalue weighted by Gasteiger charge is 2.40. The summed E-state index contributed by atoms with van der Waals surface area (Å²) in [7, 11) is 0. The molecule has 0 bridgehead atoms. The molecule has 1 aliphatic heterocycles. The van der Waals surface area contributed by atoms with Crippen molar-refractivity contribution in [2.45, 2.75) is 64.1 Å². The number of carbonyl (C=O) groups is 1. The lowest BCUT2D eigenvalue weighted by atomic mass is 9.92. The number of nitrogens with one attached hydrogen (secondary N) is 1. The molecule has 2 aliphatic rings. The standard InChI is InChI=1S/C21H28N4O2/c1-21(2,3)27-20(26)24-15-9-10-25(19(11-15)14-7-8-14)18-6-4-5-17-16(18)12-22-13-23-17/h4-6,12-15,19H,7-11H2,1-3H3,(H,24,26). The molecular formula is C21H28N4O2. The van der Waals surface area contributed by atoms with Crippen LogP contribution in [0.5, 0.6) is 0 Å². The van der Waals surface area contributed by atoms with Gasteiger partial charge in [0.2, 0.25) is 0 Å². The third-order valence-corrected chi connectivity index (χ3v) is 5.37. The maximum Gasteiger partial charge on any atom is 0.407 e. The lowest BCUT2D eigenvalue weighted by molar-refractivity contribution is 0.0492. The number of ether oxygens (including phenoxy) is 1. The van der Waals surface area contributed by atoms with Crippen LogP contribution in [0.1, 0.15) is 46.5 Å². The number of alkyl carbamates (subject to hydrolysis) is 1. The van der Waals surface area contributed by atoms with Crippen LogP contribution in [0.2, 0.25) is 0 Å². The summed E-state index contributed by atoms with van der Waals surface area (Å²) >= 11 is 0. The molecule has 0 radical (unpaired) electrons. The quantitative estimate of drug-likeness (QED) is 0.890. The van der Waals surface area contributed by atoms with Crippen molar-refractivity contribution < 1.29 is 9.53 Å². The minimum Gasteiger partial charge on any atom is -0.444 e. The molecule has 2 unspecified atom stereocenters. The zero-order valence-corrected chi connectivity index (χ0v) is 16.3. The van der Waals surface area contributed by atoms with Crippen LogP contribution >= 0.6 is 0 Å². The first-order valence-electron chi connectivity index (χ1n) is 9.85. The van der Waals surface area contributed by atoms with Crippen molar-refractivity contribution in [1.82, 2.24) is 15.3 Å². The van der Waals surface area contributed by atoms with Gasteiger partial charge in [-0.05, 0) is 64.5 Å². The highest BCUT2D eigenvalue weighted by molar-refractivity contribution is 5.91. The van der Waals surface area contributed by atoms with Crippen LogP contribution in [-0.2, 0) is 4.74 Å². The molecule has 2 fully saturated rings. The van der Waals surface area contributed by atoms with Gasteiger partial charge in [-0.15, -0.1) is 0 Å². The fourth-order valence-electron chi connectivity index (χ4n) is 4.07. The predicted octanol–water partition coefficient (Wildman–Crippen LogP) is 3.90. The Labute approximate surface area is 160 Å². The largest absolute Gasteiger partial charge is 0.444 e. The van der Waals surface area contributed by atoms with Crippen molar-refractivity contribution in [1.29, 1.82) is 0 Å². The second kappa shape index (κ2) is 6.98. The first kappa shape index (κ1) is 18.0. The van der Waals surface area contributed by atoms with E-state index in [9.17, 15) is 4.79 Å². The molecule has 27 heavy (non-hydrogen) atoms. The average Bonchev–Trinajstić information content (AvgIpc) is 3.45. The Kier molecular flexibility index (Phi) is 4.66. The summed E-state index contributed by atoms with van der Waals surface area (Å²) in [5.74, 6) is 0.702. The maximum absolute atomic E-state index is 12.2. The lowest BCUT2D eigenvalue weighted by Crippen LogP contribution is -2.51. The molecule has 1 aromatic heterocycles. The van der Waals surface area contributed by atoms with Crippen molar-refractivity contribution in [3.05, 3.63) is 30.7 Å². The molecule has 1 amide bonds. The van der Waals surface area contributed by atoms with E-state index in [-0.39, 0.29) is 12.1 Å². The van der Waals surface area contributed by atoms with Gasteiger partial charge in [-0.3, -0.25) is 0 Å². The van der Waals surface area contributed by atoms with Gasteiger partial charge in [0.1, 0.15) is 11.9 Å². The molecule has 1 N–H and O–H groups in total. The number of hydrogen-bond acceptors (Lipinski definition) is 5. The Hall–Kier alpha value is -2.37. The van der Waals surface area contributed by atoms with Gasteiger partial charge >= 0.3 is 6.09 Å². The van der Waals surface area contributed by atoms with Crippen molar-refractivity contribution >= 4 is 22.7 Å². The normalized spacial score (nSPS) is 23.3. The molecule has 144 valence electrons. The predicted molar refractivity (Wildman–Crippen MR) is 106 cm³/mol. The van der Waals surface area contributed by atoms with E-state index in [1.54, 1.807) is 6.33 Å². The van der Waals surface area contributed by atoms with Crippen molar-refractivity contribution in [3.8, 4) is 0 Å². The van der Waals surface area contributed by atoms with Crippen LogP contribution in [0.4, 0.5) is 10.5 Å². The van der Waals surface area contributed by atoms with E-state index in [1.165, 1.54) is 18.5 Å². The van der Waals surface area contributed by atoms with Gasteiger partial charge in [0, 0.05) is 35.9 Å². The Morgan fingerprint density at radius 3 is 2.81 bits per heavy atom. The number of amides is 1. The Morgan fingerprint density at radius 2 is 2.07 bits per heavy atom. The number of hydrogen-bond donors (Lipinski definition) is 1. The summed E-state index contributed by atoms with van der Waals surface area (Å²) in [5, 5.41) is 4.19. The third-order valence-electron chi connectivity index (χ3n) is 5.37. The average molecular weight is 368 g/mol. The van der Waals surface area contributed by atoms with Crippen molar-refractivity contribution in [2.24, 2.45) is 5.92 Å². The van der Waals surface area contributed by atoms with Gasteiger partial charge < -0.3 is 15.0 Å². The van der Waals surface area contributed by atoms with E-state index >= 15 is 0 Å². The van der Waals surface area contributed by atoms with Gasteiger partial charge in [-0.1, -0.05) is 6.07 Å². The number of fused-ring (bicyclic) bond motifs is 1. The minimum absolute atomic E-state index is 0.160. The molecule has 6 nitrogen and oxygen atoms in total. The number of nitrogens with zero attached hydrogens (tertiary/aromatic N) is 3. The summed E-state index contributed by atoms with van der Waals surface area (Å²) in [6, 6.07) is 6.86. The van der Waals surface area contributed by atoms with Gasteiger partial charge in [-0.25, -0.2) is 14.8 Å². The summed E-state index contributed by atoms with van der Waals surface area (Å²) in [6.45, 7) is 6.59. The van der Waals surface area contributed by atoms with Gasteiger partial charge in [0.15, 0.2) is 0 Å². The van der Waals surface area contributed by atoms with Gasteiger partial charge in [0.25, 0.3) is 0 Å². The minimum atomic E-state index is -0.469. The fraction of sp³-hybridized carbons (Fsp3) is 0.571. The van der Waals surface area contributed by atoms with E-state index in [2.05, 4.69) is 32.3 Å². The molecule has 1 saturated heterocycles. The second-order valence-corrected chi connectivity index (χ2v) is 8.70. The Bertz CT molecular complexity index is 823. The van der Waals surface area contributed by atoms with E-state index in [0.717, 1.165) is 30.3 Å². The van der Waals surface area contributed by atoms with E-state index in [4.69, 9.17) is 4.74 Å². The smallest absolute Gasteiger partial charge is 0.407 e. The zero-order valence-electron chi connectivity index (χ0n) is 16.3. The maximum atomic E-state index is 12.2. The first-order chi connectivity index (χ1) is 12.9. The lowest BCUT2D eigenvalue weighted by Gasteiger charge is -2.42. The van der Waals surface area contributed by atoms with Crippen LogP contribution in [0, 0.1) is 5.92 Å². The highest BCUT2D eigenvalue weighted by atomic mass is 16.6. The number of rotatable bonds is 3. The number of anilines is 1. The number of piperidine rings is 1. The molecule has 2 heterocycles. The van der Waals surface area contributed by atoms with Crippen LogP contribution in [0.3, 0.4) is 0 Å². The van der Waals surface area contributed by atoms with Crippen LogP contribution in [0.25, 0.3) is 10.9 Å². The summed E-state index contributed by atoms with van der Waals surface area (Å²) in [4.78, 5) is 23.3. The monoisotopic (exact) mass is 368 g/mol. The van der Waals surface area contributed by atoms with Gasteiger partial charge in [0.05, 0.1) is 5.52 Å². The molecule has 2 aromatic rings. The molecule has 6 heteroatoms. The SMILES string of the molecule is CC(C)(C)OC(=O)NC1CCN(c2cccc3ncncc23)C(C2CC2)C1. The first-order valence-corrected chi connectivity index (χ1v) is 9.85. The third kappa shape index (κ3) is 4.15. The Morgan fingerprint density at radius 1 is 1.26 bits per heavy atom. The number of carbonyl (C=O) groups excluding carboxylic acids is 1. The van der Waals surface area contributed by atoms with Crippen LogP contribution in [0.15, 0.2) is 30.7 Å². The van der Waals surface area contributed by atoms with E-state index in [1.807, 2.05) is 33.0 Å². The van der Waals surface area contributed by atoms with Crippen LogP contribution in [-0.4, -0.2) is 40.3 Å². The molecule has 2 atom stereocenters. The molecule has 1 aliphatic carbocycles. The number of benzene rings is 1. The topological polar surface area (TPSA) is 67.3 Å². The molecule has 4 rings (SSSR count). The van der Waals surface area contributed by atoms with Gasteiger partial charge in [-0.2, -0.15) is 0 Å². The Balaban J connectivity index is 1.52. The number of aromatic nitrogens is 2. The second-order valence-electron chi connectivity index (χ2n) is 8.70. The van der Waals surface area contributed by atoms with Crippen molar-refractivity contribution in [2.75, 3.05) is 11.4 Å². The molecule has 0 spiro atoms. The highest BCUT2D eigenvalue weighted by Crippen LogP contribution is 2.42.